The lowest BCUT2D eigenvalue weighted by molar-refractivity contribution is -0.127. The van der Waals surface area contributed by atoms with E-state index in [-0.39, 0.29) is 35.3 Å². The monoisotopic (exact) mass is 441 g/mol. The van der Waals surface area contributed by atoms with Gasteiger partial charge in [0.2, 0.25) is 11.8 Å². The fourth-order valence-electron chi connectivity index (χ4n) is 5.33. The van der Waals surface area contributed by atoms with E-state index in [0.717, 1.165) is 51.4 Å². The molecule has 7 heteroatoms. The third kappa shape index (κ3) is 5.49. The number of nitrogens with zero attached hydrogens (tertiary/aromatic N) is 1. The van der Waals surface area contributed by atoms with E-state index >= 15 is 0 Å². The highest BCUT2D eigenvalue weighted by molar-refractivity contribution is 5.95. The summed E-state index contributed by atoms with van der Waals surface area (Å²) < 4.78 is 6.42. The van der Waals surface area contributed by atoms with Crippen molar-refractivity contribution in [2.75, 3.05) is 25.0 Å². The molecule has 0 radical (unpaired) electrons. The van der Waals surface area contributed by atoms with Crippen molar-refractivity contribution in [3.63, 3.8) is 0 Å². The Morgan fingerprint density at radius 1 is 1.00 bits per heavy atom. The van der Waals surface area contributed by atoms with Crippen molar-refractivity contribution in [1.82, 2.24) is 10.2 Å². The average Bonchev–Trinajstić information content (AvgIpc) is 3.20. The second-order valence-corrected chi connectivity index (χ2v) is 9.59. The van der Waals surface area contributed by atoms with E-state index in [1.807, 2.05) is 4.90 Å². The molecule has 1 atom stereocenters. The molecule has 7 nitrogen and oxygen atoms in total. The summed E-state index contributed by atoms with van der Waals surface area (Å²) in [4.78, 5) is 38.3. The van der Waals surface area contributed by atoms with Crippen molar-refractivity contribution in [3.8, 4) is 0 Å². The molecule has 1 spiro atoms. The van der Waals surface area contributed by atoms with Gasteiger partial charge in [-0.1, -0.05) is 19.3 Å². The van der Waals surface area contributed by atoms with Crippen molar-refractivity contribution < 1.29 is 19.1 Å². The highest BCUT2D eigenvalue weighted by atomic mass is 16.5. The summed E-state index contributed by atoms with van der Waals surface area (Å²) in [6.45, 7) is 3.41. The van der Waals surface area contributed by atoms with Crippen LogP contribution in [-0.2, 0) is 14.3 Å². The van der Waals surface area contributed by atoms with Crippen molar-refractivity contribution in [1.29, 1.82) is 0 Å². The van der Waals surface area contributed by atoms with E-state index in [1.165, 1.54) is 13.3 Å². The van der Waals surface area contributed by atoms with Gasteiger partial charge in [0.25, 0.3) is 5.91 Å². The molecule has 2 saturated heterocycles. The zero-order valence-electron chi connectivity index (χ0n) is 19.0. The van der Waals surface area contributed by atoms with Crippen LogP contribution in [0.4, 0.5) is 5.69 Å². The van der Waals surface area contributed by atoms with Gasteiger partial charge in [-0.25, -0.2) is 0 Å². The van der Waals surface area contributed by atoms with Gasteiger partial charge in [-0.2, -0.15) is 0 Å². The molecule has 3 amide bonds. The molecule has 4 rings (SSSR count). The maximum Gasteiger partial charge on any atom is 0.253 e. The first-order chi connectivity index (χ1) is 15.4. The number of hydrogen-bond acceptors (Lipinski definition) is 4. The lowest BCUT2D eigenvalue weighted by atomic mass is 9.88. The van der Waals surface area contributed by atoms with E-state index in [0.29, 0.717) is 30.9 Å². The van der Waals surface area contributed by atoms with Gasteiger partial charge in [-0.3, -0.25) is 14.4 Å². The van der Waals surface area contributed by atoms with Crippen LogP contribution in [0.25, 0.3) is 0 Å². The molecule has 2 aliphatic heterocycles. The van der Waals surface area contributed by atoms with Gasteiger partial charge in [0.1, 0.15) is 0 Å². The maximum atomic E-state index is 12.9. The number of hydrogen-bond donors (Lipinski definition) is 2. The molecule has 1 aliphatic carbocycles. The van der Waals surface area contributed by atoms with E-state index in [4.69, 9.17) is 4.74 Å². The Kier molecular flexibility index (Phi) is 7.13. The second-order valence-electron chi connectivity index (χ2n) is 9.59. The Morgan fingerprint density at radius 3 is 2.34 bits per heavy atom. The predicted molar refractivity (Wildman–Crippen MR) is 122 cm³/mol. The lowest BCUT2D eigenvalue weighted by Crippen LogP contribution is -2.47. The summed E-state index contributed by atoms with van der Waals surface area (Å²) >= 11 is 0. The summed E-state index contributed by atoms with van der Waals surface area (Å²) in [5, 5.41) is 5.84. The zero-order chi connectivity index (χ0) is 22.6. The molecule has 3 aliphatic rings. The maximum absolute atomic E-state index is 12.9. The quantitative estimate of drug-likeness (QED) is 0.732. The molecule has 1 aromatic carbocycles. The molecular formula is C25H35N3O4. The fraction of sp³-hybridized carbons (Fsp3) is 0.640. The minimum Gasteiger partial charge on any atom is -0.370 e. The van der Waals surface area contributed by atoms with Gasteiger partial charge in [-0.05, 0) is 62.8 Å². The summed E-state index contributed by atoms with van der Waals surface area (Å²) in [5.41, 5.74) is 1.16. The molecule has 3 fully saturated rings. The molecule has 1 saturated carbocycles. The number of carbonyl (C=O) groups is 3. The SMILES string of the molecule is CC(=O)Nc1ccc(C(=O)N2CCC3(CCC(CNC(=O)C4CCCCC4)O3)CC2)cc1. The number of rotatable bonds is 5. The van der Waals surface area contributed by atoms with Crippen LogP contribution < -0.4 is 10.6 Å². The number of amides is 3. The highest BCUT2D eigenvalue weighted by Gasteiger charge is 2.43. The Labute approximate surface area is 190 Å². The van der Waals surface area contributed by atoms with Crippen LogP contribution in [0.15, 0.2) is 24.3 Å². The van der Waals surface area contributed by atoms with Crippen molar-refractivity contribution in [2.24, 2.45) is 5.92 Å². The highest BCUT2D eigenvalue weighted by Crippen LogP contribution is 2.39. The molecule has 0 aromatic heterocycles. The van der Waals surface area contributed by atoms with Crippen LogP contribution in [-0.4, -0.2) is 54.0 Å². The number of carbonyl (C=O) groups excluding carboxylic acids is 3. The van der Waals surface area contributed by atoms with E-state index in [9.17, 15) is 14.4 Å². The largest absolute Gasteiger partial charge is 0.370 e. The fourth-order valence-corrected chi connectivity index (χ4v) is 5.33. The van der Waals surface area contributed by atoms with Crippen LogP contribution in [0.3, 0.4) is 0 Å². The smallest absolute Gasteiger partial charge is 0.253 e. The molecule has 1 aromatic rings. The van der Waals surface area contributed by atoms with Gasteiger partial charge in [0, 0.05) is 43.7 Å². The van der Waals surface area contributed by atoms with Gasteiger partial charge < -0.3 is 20.3 Å². The minimum absolute atomic E-state index is 0.0171. The summed E-state index contributed by atoms with van der Waals surface area (Å²) in [6, 6.07) is 7.03. The number of anilines is 1. The summed E-state index contributed by atoms with van der Waals surface area (Å²) in [7, 11) is 0. The first-order valence-electron chi connectivity index (χ1n) is 12.1. The lowest BCUT2D eigenvalue weighted by Gasteiger charge is -2.39. The van der Waals surface area contributed by atoms with Crippen LogP contribution in [0.2, 0.25) is 0 Å². The number of likely N-dealkylation sites (tertiary alicyclic amines) is 1. The van der Waals surface area contributed by atoms with Crippen molar-refractivity contribution in [3.05, 3.63) is 29.8 Å². The zero-order valence-corrected chi connectivity index (χ0v) is 19.0. The van der Waals surface area contributed by atoms with Crippen molar-refractivity contribution in [2.45, 2.75) is 76.4 Å². The van der Waals surface area contributed by atoms with E-state index in [1.54, 1.807) is 24.3 Å². The average molecular weight is 442 g/mol. The Balaban J connectivity index is 1.23. The topological polar surface area (TPSA) is 87.7 Å². The number of benzene rings is 1. The molecule has 1 unspecified atom stereocenters. The third-order valence-corrected chi connectivity index (χ3v) is 7.23. The van der Waals surface area contributed by atoms with E-state index < -0.39 is 0 Å². The number of ether oxygens (including phenoxy) is 1. The van der Waals surface area contributed by atoms with E-state index in [2.05, 4.69) is 10.6 Å². The third-order valence-electron chi connectivity index (χ3n) is 7.23. The molecule has 32 heavy (non-hydrogen) atoms. The number of nitrogens with one attached hydrogen (secondary N) is 2. The van der Waals surface area contributed by atoms with Gasteiger partial charge in [-0.15, -0.1) is 0 Å². The summed E-state index contributed by atoms with van der Waals surface area (Å²) in [6.07, 6.45) is 9.29. The summed E-state index contributed by atoms with van der Waals surface area (Å²) in [5.74, 6) is 0.261. The van der Waals surface area contributed by atoms with Crippen LogP contribution in [0.1, 0.15) is 75.1 Å². The van der Waals surface area contributed by atoms with Crippen LogP contribution >= 0.6 is 0 Å². The molecule has 0 bridgehead atoms. The first-order valence-corrected chi connectivity index (χ1v) is 12.1. The Hall–Kier alpha value is -2.41. The minimum atomic E-state index is -0.160. The Bertz CT molecular complexity index is 824. The molecular weight excluding hydrogens is 406 g/mol. The van der Waals surface area contributed by atoms with Crippen LogP contribution in [0, 0.1) is 5.92 Å². The van der Waals surface area contributed by atoms with Crippen molar-refractivity contribution >= 4 is 23.4 Å². The van der Waals surface area contributed by atoms with Gasteiger partial charge in [0.05, 0.1) is 11.7 Å². The number of piperidine rings is 1. The molecule has 174 valence electrons. The van der Waals surface area contributed by atoms with Gasteiger partial charge in [0.15, 0.2) is 0 Å². The normalized spacial score (nSPS) is 23.2. The Morgan fingerprint density at radius 2 is 1.69 bits per heavy atom. The second kappa shape index (κ2) is 10.0. The van der Waals surface area contributed by atoms with Crippen LogP contribution in [0.5, 0.6) is 0 Å². The molecule has 2 N–H and O–H groups in total. The molecule has 2 heterocycles. The van der Waals surface area contributed by atoms with Gasteiger partial charge >= 0.3 is 0 Å². The predicted octanol–water partition coefficient (Wildman–Crippen LogP) is 3.50. The standard InChI is InChI=1S/C25H35N3O4/c1-18(29)27-21-9-7-20(8-10-21)24(31)28-15-13-25(14-16-28)12-11-22(32-25)17-26-23(30)19-5-3-2-4-6-19/h7-10,19,22H,2-6,11-17H2,1H3,(H,26,30)(H,27,29). The first kappa shape index (κ1) is 22.8.